The molecule has 0 unspecified atom stereocenters. The van der Waals surface area contributed by atoms with E-state index in [2.05, 4.69) is 15.9 Å². The Bertz CT molecular complexity index is 305. The van der Waals surface area contributed by atoms with Gasteiger partial charge in [-0.3, -0.25) is 0 Å². The molecule has 0 fully saturated rings. The van der Waals surface area contributed by atoms with E-state index in [0.29, 0.717) is 6.61 Å². The van der Waals surface area contributed by atoms with Gasteiger partial charge in [0.1, 0.15) is 5.82 Å². The Labute approximate surface area is 96.6 Å². The third-order valence-electron chi connectivity index (χ3n) is 1.93. The summed E-state index contributed by atoms with van der Waals surface area (Å²) in [6.45, 7) is 0.424. The van der Waals surface area contributed by atoms with Crippen molar-refractivity contribution in [3.05, 3.63) is 29.8 Å². The lowest BCUT2D eigenvalue weighted by atomic mass is 10.2. The van der Waals surface area contributed by atoms with Crippen LogP contribution < -0.4 is 4.74 Å². The van der Waals surface area contributed by atoms with Crippen LogP contribution in [0.25, 0.3) is 0 Å². The molecular weight excluding hydrogens is 266 g/mol. The van der Waals surface area contributed by atoms with E-state index in [0.717, 1.165) is 42.8 Å². The number of rotatable bonds is 6. The van der Waals surface area contributed by atoms with Crippen molar-refractivity contribution in [1.29, 1.82) is 0 Å². The fourth-order valence-electron chi connectivity index (χ4n) is 1.14. The summed E-state index contributed by atoms with van der Waals surface area (Å²) in [7, 11) is 0. The van der Waals surface area contributed by atoms with E-state index >= 15 is 0 Å². The lowest BCUT2D eigenvalue weighted by molar-refractivity contribution is 0.290. The molecule has 0 atom stereocenters. The molecule has 4 heteroatoms. The van der Waals surface area contributed by atoms with Gasteiger partial charge in [-0.2, -0.15) is 0 Å². The van der Waals surface area contributed by atoms with Gasteiger partial charge in [0.25, 0.3) is 0 Å². The number of hydrogen-bond acceptors (Lipinski definition) is 1. The van der Waals surface area contributed by atoms with Crippen LogP contribution in [0.1, 0.15) is 19.3 Å². The van der Waals surface area contributed by atoms with Crippen LogP contribution in [-0.4, -0.2) is 11.9 Å². The van der Waals surface area contributed by atoms with Crippen molar-refractivity contribution in [2.75, 3.05) is 11.9 Å². The molecule has 15 heavy (non-hydrogen) atoms. The molecule has 0 N–H and O–H groups in total. The Morgan fingerprint density at radius 1 is 1.13 bits per heavy atom. The Kier molecular flexibility index (Phi) is 5.61. The van der Waals surface area contributed by atoms with Gasteiger partial charge in [0.2, 0.25) is 0 Å². The fraction of sp³-hybridized carbons (Fsp3) is 0.455. The molecule has 84 valence electrons. The zero-order valence-electron chi connectivity index (χ0n) is 8.31. The summed E-state index contributed by atoms with van der Waals surface area (Å²) in [6, 6.07) is 3.22. The topological polar surface area (TPSA) is 9.23 Å². The minimum Gasteiger partial charge on any atom is -0.490 e. The molecule has 0 radical (unpaired) electrons. The predicted octanol–water partition coefficient (Wildman–Crippen LogP) is 3.91. The Hall–Kier alpha value is -0.640. The molecule has 0 aliphatic rings. The summed E-state index contributed by atoms with van der Waals surface area (Å²) in [5.74, 6) is -1.00. The highest BCUT2D eigenvalue weighted by atomic mass is 79.9. The number of benzene rings is 1. The molecule has 1 nitrogen and oxygen atoms in total. The van der Waals surface area contributed by atoms with Crippen molar-refractivity contribution in [1.82, 2.24) is 0 Å². The Morgan fingerprint density at radius 2 is 1.93 bits per heavy atom. The largest absolute Gasteiger partial charge is 0.490 e. The van der Waals surface area contributed by atoms with Gasteiger partial charge in [0.15, 0.2) is 11.6 Å². The van der Waals surface area contributed by atoms with Gasteiger partial charge < -0.3 is 4.74 Å². The molecule has 0 aromatic heterocycles. The van der Waals surface area contributed by atoms with E-state index in [1.54, 1.807) is 0 Å². The van der Waals surface area contributed by atoms with E-state index < -0.39 is 11.6 Å². The smallest absolute Gasteiger partial charge is 0.165 e. The molecule has 0 spiro atoms. The van der Waals surface area contributed by atoms with Crippen LogP contribution >= 0.6 is 15.9 Å². The SMILES string of the molecule is Fc1ccc(F)c(OCCCCCBr)c1. The van der Waals surface area contributed by atoms with Crippen LogP contribution in [0.2, 0.25) is 0 Å². The maximum Gasteiger partial charge on any atom is 0.165 e. The standard InChI is InChI=1S/C11H13BrF2O/c12-6-2-1-3-7-15-11-8-9(13)4-5-10(11)14/h4-5,8H,1-3,6-7H2. The number of halogens is 3. The zero-order valence-corrected chi connectivity index (χ0v) is 9.90. The summed E-state index contributed by atoms with van der Waals surface area (Å²) >= 11 is 3.32. The zero-order chi connectivity index (χ0) is 11.1. The Balaban J connectivity index is 2.33. The second kappa shape index (κ2) is 6.77. The van der Waals surface area contributed by atoms with Gasteiger partial charge in [-0.05, 0) is 31.4 Å². The maximum absolute atomic E-state index is 13.0. The van der Waals surface area contributed by atoms with Crippen LogP contribution in [0.15, 0.2) is 18.2 Å². The minimum absolute atomic E-state index is 0.00570. The second-order valence-corrected chi connectivity index (χ2v) is 3.97. The average molecular weight is 279 g/mol. The van der Waals surface area contributed by atoms with Gasteiger partial charge in [-0.15, -0.1) is 0 Å². The minimum atomic E-state index is -0.517. The molecule has 0 aliphatic heterocycles. The first-order chi connectivity index (χ1) is 7.24. The third-order valence-corrected chi connectivity index (χ3v) is 2.49. The summed E-state index contributed by atoms with van der Waals surface area (Å²) in [5.41, 5.74) is 0. The highest BCUT2D eigenvalue weighted by Gasteiger charge is 2.04. The number of hydrogen-bond donors (Lipinski definition) is 0. The fourth-order valence-corrected chi connectivity index (χ4v) is 1.54. The molecule has 0 aliphatic carbocycles. The first-order valence-corrected chi connectivity index (χ1v) is 6.00. The third kappa shape index (κ3) is 4.60. The maximum atomic E-state index is 13.0. The highest BCUT2D eigenvalue weighted by molar-refractivity contribution is 9.09. The quantitative estimate of drug-likeness (QED) is 0.566. The first-order valence-electron chi connectivity index (χ1n) is 4.88. The monoisotopic (exact) mass is 278 g/mol. The van der Waals surface area contributed by atoms with Gasteiger partial charge >= 0.3 is 0 Å². The van der Waals surface area contributed by atoms with Crippen molar-refractivity contribution in [3.63, 3.8) is 0 Å². The van der Waals surface area contributed by atoms with E-state index in [1.807, 2.05) is 0 Å². The molecule has 0 bridgehead atoms. The van der Waals surface area contributed by atoms with Crippen LogP contribution in [0, 0.1) is 11.6 Å². The highest BCUT2D eigenvalue weighted by Crippen LogP contribution is 2.18. The van der Waals surface area contributed by atoms with Crippen molar-refractivity contribution < 1.29 is 13.5 Å². The van der Waals surface area contributed by atoms with Crippen LogP contribution in [-0.2, 0) is 0 Å². The average Bonchev–Trinajstić information content (AvgIpc) is 2.23. The normalized spacial score (nSPS) is 10.3. The molecule has 1 aromatic rings. The van der Waals surface area contributed by atoms with Gasteiger partial charge in [0, 0.05) is 11.4 Å². The lowest BCUT2D eigenvalue weighted by Crippen LogP contribution is -1.99. The summed E-state index contributed by atoms with van der Waals surface area (Å²) in [4.78, 5) is 0. The predicted molar refractivity (Wildman–Crippen MR) is 59.5 cm³/mol. The van der Waals surface area contributed by atoms with E-state index in [9.17, 15) is 8.78 Å². The molecule has 1 aromatic carbocycles. The molecule has 0 saturated carbocycles. The van der Waals surface area contributed by atoms with Crippen LogP contribution in [0.4, 0.5) is 8.78 Å². The van der Waals surface area contributed by atoms with Crippen LogP contribution in [0.3, 0.4) is 0 Å². The van der Waals surface area contributed by atoms with E-state index in [-0.39, 0.29) is 5.75 Å². The summed E-state index contributed by atoms with van der Waals surface area (Å²) in [6.07, 6.45) is 2.93. The van der Waals surface area contributed by atoms with E-state index in [1.165, 1.54) is 0 Å². The molecule has 0 saturated heterocycles. The van der Waals surface area contributed by atoms with Gasteiger partial charge in [-0.25, -0.2) is 8.78 Å². The first kappa shape index (κ1) is 12.4. The van der Waals surface area contributed by atoms with Gasteiger partial charge in [-0.1, -0.05) is 15.9 Å². The van der Waals surface area contributed by atoms with Gasteiger partial charge in [0.05, 0.1) is 6.61 Å². The number of ether oxygens (including phenoxy) is 1. The summed E-state index contributed by atoms with van der Waals surface area (Å²) in [5, 5.41) is 0.960. The second-order valence-electron chi connectivity index (χ2n) is 3.17. The van der Waals surface area contributed by atoms with E-state index in [4.69, 9.17) is 4.74 Å². The molecule has 0 amide bonds. The number of alkyl halides is 1. The van der Waals surface area contributed by atoms with Crippen molar-refractivity contribution in [2.45, 2.75) is 19.3 Å². The van der Waals surface area contributed by atoms with Crippen LogP contribution in [0.5, 0.6) is 5.75 Å². The Morgan fingerprint density at radius 3 is 2.67 bits per heavy atom. The molecular formula is C11H13BrF2O. The van der Waals surface area contributed by atoms with Crippen molar-refractivity contribution in [2.24, 2.45) is 0 Å². The molecule has 0 heterocycles. The van der Waals surface area contributed by atoms with Crippen molar-refractivity contribution in [3.8, 4) is 5.75 Å². The van der Waals surface area contributed by atoms with Crippen molar-refractivity contribution >= 4 is 15.9 Å². The lowest BCUT2D eigenvalue weighted by Gasteiger charge is -2.06. The summed E-state index contributed by atoms with van der Waals surface area (Å²) < 4.78 is 30.9. The number of unbranched alkanes of at least 4 members (excludes halogenated alkanes) is 2. The molecule has 1 rings (SSSR count).